The van der Waals surface area contributed by atoms with Crippen LogP contribution < -0.4 is 14.4 Å². The fraction of sp³-hybridized carbons (Fsp3) is 0.345. The van der Waals surface area contributed by atoms with Crippen molar-refractivity contribution in [2.75, 3.05) is 37.9 Å². The Bertz CT molecular complexity index is 1320. The minimum atomic E-state index is -0.422. The van der Waals surface area contributed by atoms with Gasteiger partial charge in [-0.3, -0.25) is 19.5 Å². The molecule has 0 radical (unpaired) electrons. The standard InChI is InChI=1S/C29H31FN4O4/c1-20(2)32-12-3-13-34(29(36)21-8-10-31-11-9-21)25-6-5-24(30)16-23(25)18-33(15-14-32)28(35)22-4-7-26-27(17-22)38-19-37-26/h4-11,16-17,20H,3,12-15,18-19H2,1-2H3. The number of anilines is 1. The van der Waals surface area contributed by atoms with Crippen molar-refractivity contribution in [3.8, 4) is 11.5 Å². The second-order valence-corrected chi connectivity index (χ2v) is 9.74. The van der Waals surface area contributed by atoms with Crippen molar-refractivity contribution < 1.29 is 23.5 Å². The topological polar surface area (TPSA) is 75.2 Å². The van der Waals surface area contributed by atoms with Gasteiger partial charge in [-0.15, -0.1) is 0 Å². The van der Waals surface area contributed by atoms with E-state index < -0.39 is 5.82 Å². The van der Waals surface area contributed by atoms with E-state index in [1.54, 1.807) is 58.6 Å². The summed E-state index contributed by atoms with van der Waals surface area (Å²) in [6, 6.07) is 13.1. The molecule has 2 amide bonds. The highest BCUT2D eigenvalue weighted by molar-refractivity contribution is 6.06. The summed E-state index contributed by atoms with van der Waals surface area (Å²) >= 11 is 0. The van der Waals surface area contributed by atoms with E-state index in [1.165, 1.54) is 12.1 Å². The first kappa shape index (κ1) is 25.7. The van der Waals surface area contributed by atoms with E-state index in [0.717, 1.165) is 13.0 Å². The number of amides is 2. The number of benzene rings is 2. The van der Waals surface area contributed by atoms with Crippen LogP contribution in [0.4, 0.5) is 10.1 Å². The van der Waals surface area contributed by atoms with E-state index >= 15 is 0 Å². The largest absolute Gasteiger partial charge is 0.454 e. The number of hydrogen-bond donors (Lipinski definition) is 0. The van der Waals surface area contributed by atoms with Crippen LogP contribution in [0.15, 0.2) is 60.9 Å². The molecule has 0 atom stereocenters. The Hall–Kier alpha value is -3.98. The number of fused-ring (bicyclic) bond motifs is 2. The van der Waals surface area contributed by atoms with Gasteiger partial charge in [-0.1, -0.05) is 0 Å². The maximum absolute atomic E-state index is 14.6. The zero-order valence-corrected chi connectivity index (χ0v) is 21.6. The lowest BCUT2D eigenvalue weighted by Crippen LogP contribution is -2.41. The van der Waals surface area contributed by atoms with Crippen molar-refractivity contribution in [3.63, 3.8) is 0 Å². The van der Waals surface area contributed by atoms with Crippen LogP contribution in [0, 0.1) is 5.82 Å². The van der Waals surface area contributed by atoms with Crippen LogP contribution in [-0.4, -0.2) is 65.6 Å². The van der Waals surface area contributed by atoms with Gasteiger partial charge in [0.15, 0.2) is 11.5 Å². The fourth-order valence-electron chi connectivity index (χ4n) is 4.91. The quantitative estimate of drug-likeness (QED) is 0.513. The average molecular weight is 519 g/mol. The van der Waals surface area contributed by atoms with Crippen molar-refractivity contribution in [2.24, 2.45) is 0 Å². The molecule has 9 heteroatoms. The Kier molecular flexibility index (Phi) is 7.55. The van der Waals surface area contributed by atoms with Gasteiger partial charge < -0.3 is 19.3 Å². The molecular formula is C29H31FN4O4. The summed E-state index contributed by atoms with van der Waals surface area (Å²) in [5, 5.41) is 0. The molecule has 2 aromatic carbocycles. The van der Waals surface area contributed by atoms with E-state index in [4.69, 9.17) is 9.47 Å². The molecule has 0 aliphatic carbocycles. The number of ether oxygens (including phenoxy) is 2. The van der Waals surface area contributed by atoms with Crippen LogP contribution in [0.25, 0.3) is 0 Å². The van der Waals surface area contributed by atoms with Gasteiger partial charge in [0.05, 0.1) is 0 Å². The summed E-state index contributed by atoms with van der Waals surface area (Å²) in [7, 11) is 0. The van der Waals surface area contributed by atoms with E-state index in [2.05, 4.69) is 23.7 Å². The van der Waals surface area contributed by atoms with E-state index in [-0.39, 0.29) is 31.2 Å². The summed E-state index contributed by atoms with van der Waals surface area (Å²) in [6.45, 7) is 6.80. The smallest absolute Gasteiger partial charge is 0.258 e. The van der Waals surface area contributed by atoms with Crippen LogP contribution in [0.5, 0.6) is 11.5 Å². The van der Waals surface area contributed by atoms with Crippen LogP contribution in [-0.2, 0) is 6.54 Å². The van der Waals surface area contributed by atoms with Crippen LogP contribution in [0.3, 0.4) is 0 Å². The van der Waals surface area contributed by atoms with Gasteiger partial charge in [0, 0.05) is 68.0 Å². The lowest BCUT2D eigenvalue weighted by Gasteiger charge is -2.30. The number of pyridine rings is 1. The van der Waals surface area contributed by atoms with Crippen LogP contribution in [0.2, 0.25) is 0 Å². The minimum absolute atomic E-state index is 0.119. The first-order valence-electron chi connectivity index (χ1n) is 12.8. The van der Waals surface area contributed by atoms with Crippen LogP contribution in [0.1, 0.15) is 46.5 Å². The maximum Gasteiger partial charge on any atom is 0.258 e. The molecule has 0 unspecified atom stereocenters. The third-order valence-corrected chi connectivity index (χ3v) is 6.99. The zero-order valence-electron chi connectivity index (χ0n) is 21.6. The van der Waals surface area contributed by atoms with Gasteiger partial charge in [0.25, 0.3) is 11.8 Å². The van der Waals surface area contributed by atoms with Gasteiger partial charge >= 0.3 is 0 Å². The predicted molar refractivity (Wildman–Crippen MR) is 141 cm³/mol. The SMILES string of the molecule is CC(C)N1CCCN(C(=O)c2ccncc2)c2ccc(F)cc2CN(C(=O)c2ccc3c(c2)OCO3)CC1. The number of carbonyl (C=O) groups is 2. The molecule has 38 heavy (non-hydrogen) atoms. The number of halogens is 1. The number of aromatic nitrogens is 1. The molecule has 2 aliphatic heterocycles. The number of rotatable bonds is 3. The van der Waals surface area contributed by atoms with Crippen molar-refractivity contribution in [1.29, 1.82) is 0 Å². The van der Waals surface area contributed by atoms with Gasteiger partial charge in [0.1, 0.15) is 5.82 Å². The monoisotopic (exact) mass is 518 g/mol. The molecule has 2 aliphatic rings. The summed E-state index contributed by atoms with van der Waals surface area (Å²) in [4.78, 5) is 37.2. The third kappa shape index (κ3) is 5.47. The molecule has 1 aromatic heterocycles. The fourth-order valence-corrected chi connectivity index (χ4v) is 4.91. The normalized spacial score (nSPS) is 16.2. The lowest BCUT2D eigenvalue weighted by atomic mass is 10.1. The summed E-state index contributed by atoms with van der Waals surface area (Å²) in [6.07, 6.45) is 3.89. The Morgan fingerprint density at radius 2 is 1.66 bits per heavy atom. The van der Waals surface area contributed by atoms with Crippen molar-refractivity contribution >= 4 is 17.5 Å². The number of hydrogen-bond acceptors (Lipinski definition) is 6. The Morgan fingerprint density at radius 1 is 0.868 bits per heavy atom. The van der Waals surface area contributed by atoms with Gasteiger partial charge in [-0.2, -0.15) is 0 Å². The molecule has 0 bridgehead atoms. The molecule has 8 nitrogen and oxygen atoms in total. The van der Waals surface area contributed by atoms with E-state index in [1.807, 2.05) is 0 Å². The number of carbonyl (C=O) groups excluding carboxylic acids is 2. The molecule has 0 N–H and O–H groups in total. The first-order chi connectivity index (χ1) is 18.4. The Balaban J connectivity index is 1.54. The molecule has 5 rings (SSSR count). The Labute approximate surface area is 221 Å². The van der Waals surface area contributed by atoms with E-state index in [9.17, 15) is 14.0 Å². The second-order valence-electron chi connectivity index (χ2n) is 9.74. The lowest BCUT2D eigenvalue weighted by molar-refractivity contribution is 0.0711. The highest BCUT2D eigenvalue weighted by atomic mass is 19.1. The average Bonchev–Trinajstić information content (AvgIpc) is 3.39. The molecule has 0 fully saturated rings. The third-order valence-electron chi connectivity index (χ3n) is 6.99. The van der Waals surface area contributed by atoms with Gasteiger partial charge in [-0.25, -0.2) is 4.39 Å². The first-order valence-corrected chi connectivity index (χ1v) is 12.8. The van der Waals surface area contributed by atoms with Crippen LogP contribution >= 0.6 is 0 Å². The van der Waals surface area contributed by atoms with Crippen molar-refractivity contribution in [3.05, 3.63) is 83.4 Å². The van der Waals surface area contributed by atoms with Gasteiger partial charge in [-0.05, 0) is 74.4 Å². The van der Waals surface area contributed by atoms with E-state index in [0.29, 0.717) is 53.5 Å². The highest BCUT2D eigenvalue weighted by Gasteiger charge is 2.27. The number of nitrogens with zero attached hydrogens (tertiary/aromatic N) is 4. The highest BCUT2D eigenvalue weighted by Crippen LogP contribution is 2.33. The molecule has 3 heterocycles. The Morgan fingerprint density at radius 3 is 2.45 bits per heavy atom. The zero-order chi connectivity index (χ0) is 26.6. The predicted octanol–water partition coefficient (Wildman–Crippen LogP) is 4.35. The molecule has 0 saturated carbocycles. The van der Waals surface area contributed by atoms with Crippen molar-refractivity contribution in [1.82, 2.24) is 14.8 Å². The molecular weight excluding hydrogens is 487 g/mol. The molecule has 3 aromatic rings. The van der Waals surface area contributed by atoms with Crippen molar-refractivity contribution in [2.45, 2.75) is 32.9 Å². The molecule has 0 spiro atoms. The second kappa shape index (κ2) is 11.2. The molecule has 198 valence electrons. The molecule has 0 saturated heterocycles. The minimum Gasteiger partial charge on any atom is -0.454 e. The summed E-state index contributed by atoms with van der Waals surface area (Å²) in [5.74, 6) is 0.313. The maximum atomic E-state index is 14.6. The summed E-state index contributed by atoms with van der Waals surface area (Å²) < 4.78 is 25.4. The van der Waals surface area contributed by atoms with Gasteiger partial charge in [0.2, 0.25) is 6.79 Å². The summed E-state index contributed by atoms with van der Waals surface area (Å²) in [5.41, 5.74) is 2.12.